The molecule has 0 aromatic heterocycles. The Morgan fingerprint density at radius 2 is 1.95 bits per heavy atom. The predicted octanol–water partition coefficient (Wildman–Crippen LogP) is -1.69. The van der Waals surface area contributed by atoms with Gasteiger partial charge in [-0.05, 0) is 19.3 Å². The number of hydrogen-bond acceptors (Lipinski definition) is 0. The van der Waals surface area contributed by atoms with Gasteiger partial charge in [0.2, 0.25) is 0 Å². The molecule has 0 saturated heterocycles. The van der Waals surface area contributed by atoms with Gasteiger partial charge in [-0.2, -0.15) is 27.8 Å². The van der Waals surface area contributed by atoms with E-state index in [1.165, 1.54) is 19.3 Å². The van der Waals surface area contributed by atoms with Gasteiger partial charge in [-0.15, -0.1) is 0 Å². The summed E-state index contributed by atoms with van der Waals surface area (Å²) in [4.78, 5) is 0. The number of aryl methyl sites for hydroxylation is 1. The van der Waals surface area contributed by atoms with Crippen LogP contribution in [0.2, 0.25) is 0 Å². The molecular weight excluding hydrogens is 311 g/mol. The summed E-state index contributed by atoms with van der Waals surface area (Å²) in [7, 11) is 0. The number of allylic oxidation sites excluding steroid dienone is 4. The fourth-order valence-electron chi connectivity index (χ4n) is 3.60. The van der Waals surface area contributed by atoms with Crippen molar-refractivity contribution in [3.05, 3.63) is 51.6 Å². The van der Waals surface area contributed by atoms with Crippen molar-refractivity contribution in [3.8, 4) is 0 Å². The normalized spacial score (nSPS) is 17.8. The average molecular weight is 330 g/mol. The minimum Gasteiger partial charge on any atom is -1.00 e. The minimum atomic E-state index is 0. The average Bonchev–Trinajstić information content (AvgIpc) is 2.89. The third-order valence-corrected chi connectivity index (χ3v) is 4.40. The van der Waals surface area contributed by atoms with Gasteiger partial charge in [-0.3, -0.25) is 0 Å². The van der Waals surface area contributed by atoms with Crippen LogP contribution in [0.3, 0.4) is 0 Å². The Morgan fingerprint density at radius 1 is 1.26 bits per heavy atom. The summed E-state index contributed by atoms with van der Waals surface area (Å²) in [6, 6.07) is 0. The van der Waals surface area contributed by atoms with Crippen LogP contribution < -0.4 is 24.8 Å². The fraction of sp³-hybridized carbons (Fsp3) is 0.438. The molecule has 0 amide bonds. The summed E-state index contributed by atoms with van der Waals surface area (Å²) in [6.07, 6.45) is 10.4. The van der Waals surface area contributed by atoms with E-state index in [0.717, 1.165) is 5.92 Å². The Morgan fingerprint density at radius 3 is 2.37 bits per heavy atom. The topological polar surface area (TPSA) is 0 Å². The van der Waals surface area contributed by atoms with Crippen LogP contribution in [0, 0.1) is 13.8 Å². The molecule has 3 aliphatic carbocycles. The zero-order valence-electron chi connectivity index (χ0n) is 11.7. The van der Waals surface area contributed by atoms with Crippen LogP contribution in [-0.4, -0.2) is 0 Å². The van der Waals surface area contributed by atoms with Crippen molar-refractivity contribution in [3.63, 3.8) is 0 Å². The maximum atomic E-state index is 2.35. The van der Waals surface area contributed by atoms with Crippen LogP contribution in [-0.2, 0) is 28.1 Å². The van der Waals surface area contributed by atoms with E-state index in [1.54, 1.807) is 33.4 Å². The first-order valence-corrected chi connectivity index (χ1v) is 6.33. The second kappa shape index (κ2) is 7.22. The summed E-state index contributed by atoms with van der Waals surface area (Å²) in [5.74, 6) is 0.741. The number of halogens is 2. The zero-order valence-corrected chi connectivity index (χ0v) is 14.8. The largest absolute Gasteiger partial charge is 3.00 e. The predicted molar refractivity (Wildman–Crippen MR) is 69.2 cm³/mol. The second-order valence-corrected chi connectivity index (χ2v) is 5.23. The molecule has 0 saturated carbocycles. The first kappa shape index (κ1) is 19.1. The maximum Gasteiger partial charge on any atom is 3.00 e. The SMILES string of the molecule is Cc1c2c(CCC3=CC=CC3)[c-](C)c1C2C.[Cl-].[Cl-].[Ti+3]. The van der Waals surface area contributed by atoms with Crippen LogP contribution in [0.1, 0.15) is 53.5 Å². The zero-order chi connectivity index (χ0) is 11.3. The summed E-state index contributed by atoms with van der Waals surface area (Å²) in [5, 5.41) is 0. The second-order valence-electron chi connectivity index (χ2n) is 5.23. The van der Waals surface area contributed by atoms with Gasteiger partial charge in [0.15, 0.2) is 0 Å². The third kappa shape index (κ3) is 2.93. The molecule has 0 nitrogen and oxygen atoms in total. The monoisotopic (exact) mass is 329 g/mol. The van der Waals surface area contributed by atoms with Gasteiger partial charge >= 0.3 is 21.7 Å². The van der Waals surface area contributed by atoms with Crippen LogP contribution in [0.4, 0.5) is 0 Å². The number of fused-ring (bicyclic) bond motifs is 1. The van der Waals surface area contributed by atoms with Crippen molar-refractivity contribution in [2.45, 2.75) is 46.0 Å². The quantitative estimate of drug-likeness (QED) is 0.459. The van der Waals surface area contributed by atoms with E-state index >= 15 is 0 Å². The Hall–Kier alpha value is 0.124. The van der Waals surface area contributed by atoms with E-state index < -0.39 is 0 Å². The van der Waals surface area contributed by atoms with Crippen molar-refractivity contribution in [2.24, 2.45) is 0 Å². The summed E-state index contributed by atoms with van der Waals surface area (Å²) < 4.78 is 0. The molecule has 4 rings (SSSR count). The van der Waals surface area contributed by atoms with Crippen LogP contribution >= 0.6 is 0 Å². The number of hydrogen-bond donors (Lipinski definition) is 0. The Labute approximate surface area is 143 Å². The van der Waals surface area contributed by atoms with Gasteiger partial charge < -0.3 is 24.8 Å². The molecule has 101 valence electrons. The molecule has 0 N–H and O–H groups in total. The smallest absolute Gasteiger partial charge is 1.00 e. The molecule has 0 fully saturated rings. The molecule has 1 radical (unpaired) electrons. The Bertz CT molecular complexity index is 509. The molecule has 3 heteroatoms. The summed E-state index contributed by atoms with van der Waals surface area (Å²) in [6.45, 7) is 6.95. The first-order valence-electron chi connectivity index (χ1n) is 6.33. The van der Waals surface area contributed by atoms with Crippen molar-refractivity contribution in [2.75, 3.05) is 0 Å². The van der Waals surface area contributed by atoms with Crippen molar-refractivity contribution < 1.29 is 46.5 Å². The fourth-order valence-corrected chi connectivity index (χ4v) is 3.60. The third-order valence-electron chi connectivity index (χ3n) is 4.40. The molecule has 19 heavy (non-hydrogen) atoms. The van der Waals surface area contributed by atoms with E-state index in [4.69, 9.17) is 0 Å². The Balaban J connectivity index is 0.00000108. The van der Waals surface area contributed by atoms with Gasteiger partial charge in [0.05, 0.1) is 0 Å². The van der Waals surface area contributed by atoms with E-state index in [0.29, 0.717) is 0 Å². The molecular formula is C16H19Cl2Ti. The van der Waals surface area contributed by atoms with Gasteiger partial charge in [0, 0.05) is 0 Å². The molecule has 2 bridgehead atoms. The van der Waals surface area contributed by atoms with Crippen LogP contribution in [0.5, 0.6) is 0 Å². The first-order chi connectivity index (χ1) is 7.70. The minimum absolute atomic E-state index is 0. The molecule has 1 aromatic carbocycles. The van der Waals surface area contributed by atoms with Gasteiger partial charge in [0.25, 0.3) is 0 Å². The van der Waals surface area contributed by atoms with E-state index in [9.17, 15) is 0 Å². The van der Waals surface area contributed by atoms with Gasteiger partial charge in [-0.1, -0.05) is 50.5 Å². The van der Waals surface area contributed by atoms with Crippen molar-refractivity contribution >= 4 is 0 Å². The van der Waals surface area contributed by atoms with E-state index in [-0.39, 0.29) is 46.5 Å². The van der Waals surface area contributed by atoms with Gasteiger partial charge in [0.1, 0.15) is 0 Å². The maximum absolute atomic E-state index is 2.35. The van der Waals surface area contributed by atoms with Gasteiger partial charge in [-0.25, -0.2) is 0 Å². The standard InChI is InChI=1S/C16H19.2ClH.Ti/c1-10-14(9-8-13-6-4-5-7-13)16-11(2)15(10)12(16)3;;;/h4-6,11H,7-9H2,1-3H3;2*1H;/q-1;;;+3/p-2. The van der Waals surface area contributed by atoms with Crippen molar-refractivity contribution in [1.82, 2.24) is 0 Å². The molecule has 1 atom stereocenters. The summed E-state index contributed by atoms with van der Waals surface area (Å²) in [5.41, 5.74) is 9.74. The number of rotatable bonds is 3. The Kier molecular flexibility index (Phi) is 7.27. The van der Waals surface area contributed by atoms with Crippen LogP contribution in [0.15, 0.2) is 23.8 Å². The molecule has 0 spiro atoms. The summed E-state index contributed by atoms with van der Waals surface area (Å²) >= 11 is 0. The van der Waals surface area contributed by atoms with Crippen molar-refractivity contribution in [1.29, 1.82) is 0 Å². The molecule has 3 aliphatic rings. The van der Waals surface area contributed by atoms with E-state index in [1.807, 2.05) is 0 Å². The molecule has 1 unspecified atom stereocenters. The molecule has 0 heterocycles. The van der Waals surface area contributed by atoms with Crippen LogP contribution in [0.25, 0.3) is 0 Å². The molecule has 1 aromatic rings. The van der Waals surface area contributed by atoms with E-state index in [2.05, 4.69) is 39.0 Å². The molecule has 0 aliphatic heterocycles.